The van der Waals surface area contributed by atoms with E-state index in [4.69, 9.17) is 24.1 Å². The van der Waals surface area contributed by atoms with Gasteiger partial charge in [0.1, 0.15) is 12.7 Å². The summed E-state index contributed by atoms with van der Waals surface area (Å²) >= 11 is 1.03. The molecule has 2 N–H and O–H groups in total. The van der Waals surface area contributed by atoms with Gasteiger partial charge in [-0.1, -0.05) is 0 Å². The third-order valence-corrected chi connectivity index (χ3v) is 4.71. The van der Waals surface area contributed by atoms with E-state index in [-0.39, 0.29) is 25.0 Å². The Hall–Kier alpha value is -2.51. The fraction of sp³-hybridized carbons (Fsp3) is 0.737. The summed E-state index contributed by atoms with van der Waals surface area (Å²) in [5, 5.41) is 11.8. The quantitative estimate of drug-likeness (QED) is 0.405. The average molecular weight is 475 g/mol. The van der Waals surface area contributed by atoms with Crippen molar-refractivity contribution in [2.45, 2.75) is 45.3 Å². The van der Waals surface area contributed by atoms with E-state index in [2.05, 4.69) is 14.1 Å². The van der Waals surface area contributed by atoms with Crippen molar-refractivity contribution >= 4 is 35.5 Å². The Morgan fingerprint density at radius 2 is 1.91 bits per heavy atom. The van der Waals surface area contributed by atoms with Crippen LogP contribution in [0.2, 0.25) is 0 Å². The lowest BCUT2D eigenvalue weighted by Crippen LogP contribution is -2.44. The van der Waals surface area contributed by atoms with Crippen LogP contribution >= 0.6 is 11.7 Å². The maximum atomic E-state index is 12.1. The first kappa shape index (κ1) is 25.7. The fourth-order valence-corrected chi connectivity index (χ4v) is 3.12. The van der Waals surface area contributed by atoms with E-state index in [0.717, 1.165) is 11.7 Å². The smallest absolute Gasteiger partial charge is 0.344 e. The number of ether oxygens (including phenoxy) is 4. The van der Waals surface area contributed by atoms with E-state index in [1.54, 1.807) is 0 Å². The maximum Gasteiger partial charge on any atom is 0.344 e. The molecular formula is C19H30N4O8S. The molecule has 180 valence electrons. The highest BCUT2D eigenvalue weighted by Crippen LogP contribution is 2.26. The Morgan fingerprint density at radius 3 is 2.56 bits per heavy atom. The van der Waals surface area contributed by atoms with Gasteiger partial charge < -0.3 is 34.3 Å². The molecule has 1 saturated heterocycles. The number of rotatable bonds is 12. The summed E-state index contributed by atoms with van der Waals surface area (Å²) in [6.07, 6.45) is -1.37. The minimum atomic E-state index is -1.12. The van der Waals surface area contributed by atoms with Crippen LogP contribution in [0.3, 0.4) is 0 Å². The van der Waals surface area contributed by atoms with Gasteiger partial charge in [0.05, 0.1) is 37.8 Å². The minimum absolute atomic E-state index is 0.0184. The highest BCUT2D eigenvalue weighted by atomic mass is 32.1. The monoisotopic (exact) mass is 474 g/mol. The first-order valence-electron chi connectivity index (χ1n) is 10.2. The average Bonchev–Trinajstić information content (AvgIpc) is 3.21. The summed E-state index contributed by atoms with van der Waals surface area (Å²) < 4.78 is 29.8. The van der Waals surface area contributed by atoms with Gasteiger partial charge in [-0.15, -0.1) is 4.37 Å². The Morgan fingerprint density at radius 1 is 1.19 bits per heavy atom. The molecule has 1 atom stereocenters. The third-order valence-electron chi connectivity index (χ3n) is 4.21. The van der Waals surface area contributed by atoms with E-state index in [1.165, 1.54) is 0 Å². The number of hydrogen-bond acceptors (Lipinski definition) is 12. The summed E-state index contributed by atoms with van der Waals surface area (Å²) in [5.74, 6) is -1.69. The molecule has 0 aromatic carbocycles. The maximum absolute atomic E-state index is 12.1. The number of aliphatic carboxylic acids is 1. The summed E-state index contributed by atoms with van der Waals surface area (Å²) in [6.45, 7) is 8.17. The molecule has 0 bridgehead atoms. The summed E-state index contributed by atoms with van der Waals surface area (Å²) in [5.41, 5.74) is -0.227. The van der Waals surface area contributed by atoms with Gasteiger partial charge in [-0.3, -0.25) is 9.59 Å². The molecular weight excluding hydrogens is 444 g/mol. The fourth-order valence-electron chi connectivity index (χ4n) is 2.60. The molecule has 13 heteroatoms. The van der Waals surface area contributed by atoms with Crippen molar-refractivity contribution in [3.63, 3.8) is 0 Å². The second kappa shape index (κ2) is 12.5. The first-order valence-corrected chi connectivity index (χ1v) is 11.0. The highest BCUT2D eigenvalue weighted by Gasteiger charge is 2.24. The van der Waals surface area contributed by atoms with Crippen LogP contribution in [0.15, 0.2) is 0 Å². The van der Waals surface area contributed by atoms with E-state index >= 15 is 0 Å². The van der Waals surface area contributed by atoms with Gasteiger partial charge in [0, 0.05) is 25.2 Å². The lowest BCUT2D eigenvalue weighted by molar-refractivity contribution is -0.163. The predicted octanol–water partition coefficient (Wildman–Crippen LogP) is 0.461. The zero-order valence-corrected chi connectivity index (χ0v) is 19.3. The molecule has 0 aliphatic carbocycles. The van der Waals surface area contributed by atoms with Gasteiger partial charge in [0.15, 0.2) is 6.61 Å². The van der Waals surface area contributed by atoms with Gasteiger partial charge in [-0.2, -0.15) is 4.37 Å². The topological polar surface area (TPSA) is 149 Å². The van der Waals surface area contributed by atoms with Crippen LogP contribution in [0.1, 0.15) is 33.6 Å². The molecule has 0 unspecified atom stereocenters. The standard InChI is InChI=1S/C19H30N4O8S/c1-19(2,3)20-10-13(31-16(27)12-29-15(26)5-4-14(24)25)11-30-18-17(21-32-22-18)23-6-8-28-9-7-23/h13,20H,4-12H2,1-3H3,(H,24,25)/t13-/m0/s1. The molecule has 0 amide bonds. The Bertz CT molecular complexity index is 761. The molecule has 2 rings (SSSR count). The largest absolute Gasteiger partial charge is 0.481 e. The molecule has 12 nitrogen and oxygen atoms in total. The number of carboxylic acid groups (broad SMARTS) is 1. The zero-order valence-electron chi connectivity index (χ0n) is 18.5. The first-order chi connectivity index (χ1) is 15.1. The highest BCUT2D eigenvalue weighted by molar-refractivity contribution is 6.99. The van der Waals surface area contributed by atoms with Crippen molar-refractivity contribution in [2.24, 2.45) is 0 Å². The number of hydrogen-bond donors (Lipinski definition) is 2. The van der Waals surface area contributed by atoms with E-state index in [0.29, 0.717) is 44.5 Å². The van der Waals surface area contributed by atoms with Gasteiger partial charge in [-0.05, 0) is 20.8 Å². The van der Waals surface area contributed by atoms with E-state index in [1.807, 2.05) is 25.7 Å². The predicted molar refractivity (Wildman–Crippen MR) is 114 cm³/mol. The molecule has 0 saturated carbocycles. The van der Waals surface area contributed by atoms with E-state index < -0.39 is 30.6 Å². The van der Waals surface area contributed by atoms with Crippen LogP contribution in [0.5, 0.6) is 5.88 Å². The number of nitrogens with zero attached hydrogens (tertiary/aromatic N) is 3. The van der Waals surface area contributed by atoms with Gasteiger partial charge in [0.2, 0.25) is 5.82 Å². The molecule has 32 heavy (non-hydrogen) atoms. The molecule has 1 aromatic heterocycles. The molecule has 0 radical (unpaired) electrons. The van der Waals surface area contributed by atoms with Crippen LogP contribution in [0, 0.1) is 0 Å². The molecule has 1 aliphatic heterocycles. The van der Waals surface area contributed by atoms with Crippen LogP contribution in [0.25, 0.3) is 0 Å². The number of esters is 2. The van der Waals surface area contributed by atoms with Gasteiger partial charge in [-0.25, -0.2) is 4.79 Å². The van der Waals surface area contributed by atoms with Crippen molar-refractivity contribution < 1.29 is 38.4 Å². The number of anilines is 1. The minimum Gasteiger partial charge on any atom is -0.481 e. The normalized spacial score (nSPS) is 15.2. The van der Waals surface area contributed by atoms with E-state index in [9.17, 15) is 14.4 Å². The van der Waals surface area contributed by atoms with Crippen LogP contribution < -0.4 is 15.0 Å². The molecule has 1 aromatic rings. The lowest BCUT2D eigenvalue weighted by atomic mass is 10.1. The number of carboxylic acids is 1. The second-order valence-electron chi connectivity index (χ2n) is 8.10. The summed E-state index contributed by atoms with van der Waals surface area (Å²) in [6, 6.07) is 0. The van der Waals surface area contributed by atoms with Crippen molar-refractivity contribution in [2.75, 3.05) is 51.0 Å². The molecule has 1 fully saturated rings. The SMILES string of the molecule is CC(C)(C)NC[C@@H](COc1nsnc1N1CCOCC1)OC(=O)COC(=O)CCC(=O)O. The molecule has 2 heterocycles. The lowest BCUT2D eigenvalue weighted by Gasteiger charge is -2.27. The third kappa shape index (κ3) is 9.75. The Balaban J connectivity index is 1.89. The van der Waals surface area contributed by atoms with Gasteiger partial charge in [0.25, 0.3) is 5.88 Å². The number of carbonyl (C=O) groups excluding carboxylic acids is 2. The van der Waals surface area contributed by atoms with Crippen LogP contribution in [-0.2, 0) is 28.6 Å². The van der Waals surface area contributed by atoms with Crippen molar-refractivity contribution in [1.29, 1.82) is 0 Å². The molecule has 1 aliphatic rings. The Labute approximate surface area is 190 Å². The number of carbonyl (C=O) groups is 3. The van der Waals surface area contributed by atoms with Crippen molar-refractivity contribution in [3.8, 4) is 5.88 Å². The number of aromatic nitrogens is 2. The molecule has 0 spiro atoms. The van der Waals surface area contributed by atoms with Gasteiger partial charge >= 0.3 is 17.9 Å². The second-order valence-corrected chi connectivity index (χ2v) is 8.63. The van der Waals surface area contributed by atoms with Crippen molar-refractivity contribution in [3.05, 3.63) is 0 Å². The van der Waals surface area contributed by atoms with Crippen LogP contribution in [-0.4, -0.2) is 89.5 Å². The summed E-state index contributed by atoms with van der Waals surface area (Å²) in [4.78, 5) is 36.2. The van der Waals surface area contributed by atoms with Crippen molar-refractivity contribution in [1.82, 2.24) is 14.1 Å². The summed E-state index contributed by atoms with van der Waals surface area (Å²) in [7, 11) is 0. The zero-order chi connectivity index (χ0) is 23.6. The van der Waals surface area contributed by atoms with Crippen LogP contribution in [0.4, 0.5) is 5.82 Å². The number of nitrogens with one attached hydrogen (secondary N) is 1. The Kier molecular flexibility index (Phi) is 10.1. The number of morpholine rings is 1.